The van der Waals surface area contributed by atoms with Crippen LogP contribution in [0, 0.1) is 5.92 Å². The lowest BCUT2D eigenvalue weighted by Gasteiger charge is -2.25. The Bertz CT molecular complexity index is 611. The van der Waals surface area contributed by atoms with E-state index in [0.717, 1.165) is 51.0 Å². The molecule has 0 aromatic heterocycles. The summed E-state index contributed by atoms with van der Waals surface area (Å²) >= 11 is 0. The minimum Gasteiger partial charge on any atom is -0.357 e. The topological polar surface area (TPSA) is 34.1 Å². The molecule has 2 atom stereocenters. The van der Waals surface area contributed by atoms with Crippen molar-refractivity contribution < 1.29 is 0 Å². The summed E-state index contributed by atoms with van der Waals surface area (Å²) in [5.74, 6) is 1.92. The van der Waals surface area contributed by atoms with Crippen LogP contribution < -0.4 is 5.32 Å². The van der Waals surface area contributed by atoms with Gasteiger partial charge in [-0.25, -0.2) is 0 Å². The molecule has 0 amide bonds. The zero-order valence-electron chi connectivity index (χ0n) is 18.8. The molecule has 1 aromatic rings. The number of nitrogens with one attached hydrogen (secondary N) is 1. The number of hydrogen-bond donors (Lipinski definition) is 1. The van der Waals surface area contributed by atoms with Crippen molar-refractivity contribution in [3.8, 4) is 0 Å². The van der Waals surface area contributed by atoms with Crippen molar-refractivity contribution in [1.82, 2.24) is 20.0 Å². The highest BCUT2D eigenvalue weighted by Gasteiger charge is 2.27. The van der Waals surface area contributed by atoms with Crippen LogP contribution in [0.15, 0.2) is 35.3 Å². The number of nitrogens with zero attached hydrogens (tertiary/aromatic N) is 4. The van der Waals surface area contributed by atoms with Gasteiger partial charge >= 0.3 is 0 Å². The highest BCUT2D eigenvalue weighted by atomic mass is 15.3. The van der Waals surface area contributed by atoms with Crippen LogP contribution in [0.2, 0.25) is 0 Å². The van der Waals surface area contributed by atoms with Crippen molar-refractivity contribution in [3.63, 3.8) is 0 Å². The summed E-state index contributed by atoms with van der Waals surface area (Å²) in [6.07, 6.45) is 5.16. The average molecular weight is 400 g/mol. The largest absolute Gasteiger partial charge is 0.357 e. The smallest absolute Gasteiger partial charge is 0.193 e. The van der Waals surface area contributed by atoms with Gasteiger partial charge in [0.25, 0.3) is 0 Å². The predicted octanol–water partition coefficient (Wildman–Crippen LogP) is 3.28. The maximum Gasteiger partial charge on any atom is 0.193 e. The lowest BCUT2D eigenvalue weighted by Crippen LogP contribution is -2.41. The minimum atomic E-state index is 0.517. The number of rotatable bonds is 9. The highest BCUT2D eigenvalue weighted by Crippen LogP contribution is 2.20. The van der Waals surface area contributed by atoms with E-state index in [-0.39, 0.29) is 0 Å². The maximum absolute atomic E-state index is 4.98. The third kappa shape index (κ3) is 7.00. The number of benzene rings is 1. The van der Waals surface area contributed by atoms with Crippen molar-refractivity contribution in [2.45, 2.75) is 52.1 Å². The number of guanidine groups is 1. The van der Waals surface area contributed by atoms with Crippen LogP contribution in [0.4, 0.5) is 0 Å². The van der Waals surface area contributed by atoms with Crippen LogP contribution >= 0.6 is 0 Å². The van der Waals surface area contributed by atoms with Crippen LogP contribution in [0.1, 0.15) is 45.1 Å². The molecular weight excluding hydrogens is 358 g/mol. The molecule has 0 radical (unpaired) electrons. The van der Waals surface area contributed by atoms with Crippen molar-refractivity contribution >= 4 is 5.96 Å². The van der Waals surface area contributed by atoms with E-state index in [0.29, 0.717) is 6.04 Å². The van der Waals surface area contributed by atoms with E-state index < -0.39 is 0 Å². The van der Waals surface area contributed by atoms with E-state index in [1.54, 1.807) is 0 Å². The molecule has 5 nitrogen and oxygen atoms in total. The Kier molecular flexibility index (Phi) is 8.81. The molecule has 2 unspecified atom stereocenters. The van der Waals surface area contributed by atoms with E-state index >= 15 is 0 Å². The van der Waals surface area contributed by atoms with Crippen LogP contribution in [0.5, 0.6) is 0 Å². The van der Waals surface area contributed by atoms with Crippen LogP contribution in [0.25, 0.3) is 0 Å². The second kappa shape index (κ2) is 11.6. The Labute approximate surface area is 178 Å². The van der Waals surface area contributed by atoms with Gasteiger partial charge in [-0.15, -0.1) is 0 Å². The first-order valence-electron chi connectivity index (χ1n) is 11.7. The van der Waals surface area contributed by atoms with E-state index in [1.807, 2.05) is 0 Å². The summed E-state index contributed by atoms with van der Waals surface area (Å²) < 4.78 is 0. The van der Waals surface area contributed by atoms with Gasteiger partial charge < -0.3 is 15.1 Å². The third-order valence-electron chi connectivity index (χ3n) is 6.47. The van der Waals surface area contributed by atoms with Gasteiger partial charge in [-0.2, -0.15) is 0 Å². The second-order valence-electron chi connectivity index (χ2n) is 8.88. The minimum absolute atomic E-state index is 0.517. The van der Waals surface area contributed by atoms with Crippen molar-refractivity contribution in [3.05, 3.63) is 35.9 Å². The second-order valence-corrected chi connectivity index (χ2v) is 8.88. The lowest BCUT2D eigenvalue weighted by molar-refractivity contribution is 0.240. The average Bonchev–Trinajstić information content (AvgIpc) is 3.40. The molecule has 162 valence electrons. The molecule has 1 aromatic carbocycles. The third-order valence-corrected chi connectivity index (χ3v) is 6.47. The Morgan fingerprint density at radius 3 is 2.69 bits per heavy atom. The standard InChI is InChI=1S/C24H41N5/c1-4-25-24(29-17-13-23(20-29)19-28-15-8-9-16-28)26-14-12-21(2)27(3)18-22-10-6-5-7-11-22/h5-7,10-11,21,23H,4,8-9,12-20H2,1-3H3,(H,25,26). The summed E-state index contributed by atoms with van der Waals surface area (Å²) in [4.78, 5) is 12.6. The molecule has 2 aliphatic rings. The van der Waals surface area contributed by atoms with Crippen molar-refractivity contribution in [2.24, 2.45) is 10.9 Å². The van der Waals surface area contributed by atoms with Gasteiger partial charge in [-0.3, -0.25) is 9.89 Å². The molecule has 2 fully saturated rings. The van der Waals surface area contributed by atoms with Crippen molar-refractivity contribution in [1.29, 1.82) is 0 Å². The Morgan fingerprint density at radius 2 is 1.97 bits per heavy atom. The first-order valence-corrected chi connectivity index (χ1v) is 11.7. The van der Waals surface area contributed by atoms with Gasteiger partial charge in [0, 0.05) is 45.3 Å². The SMILES string of the molecule is CCNC(=NCCC(C)N(C)Cc1ccccc1)N1CCC(CN2CCCC2)C1. The maximum atomic E-state index is 4.98. The van der Waals surface area contributed by atoms with Gasteiger partial charge in [0.1, 0.15) is 0 Å². The summed E-state index contributed by atoms with van der Waals surface area (Å²) in [6.45, 7) is 13.5. The van der Waals surface area contributed by atoms with Crippen LogP contribution in [-0.2, 0) is 6.54 Å². The zero-order chi connectivity index (χ0) is 20.5. The summed E-state index contributed by atoms with van der Waals surface area (Å²) in [6, 6.07) is 11.2. The van der Waals surface area contributed by atoms with Crippen molar-refractivity contribution in [2.75, 3.05) is 52.9 Å². The predicted molar refractivity (Wildman–Crippen MR) is 123 cm³/mol. The first kappa shape index (κ1) is 22.1. The first-order chi connectivity index (χ1) is 14.2. The van der Waals surface area contributed by atoms with E-state index in [4.69, 9.17) is 4.99 Å². The van der Waals surface area contributed by atoms with Gasteiger partial charge in [0.05, 0.1) is 0 Å². The molecule has 0 bridgehead atoms. The van der Waals surface area contributed by atoms with Gasteiger partial charge in [-0.1, -0.05) is 30.3 Å². The van der Waals surface area contributed by atoms with E-state index in [1.165, 1.54) is 44.5 Å². The van der Waals surface area contributed by atoms with E-state index in [2.05, 4.69) is 71.2 Å². The number of aliphatic imine (C=N–C) groups is 1. The van der Waals surface area contributed by atoms with Gasteiger partial charge in [0.15, 0.2) is 5.96 Å². The normalized spacial score (nSPS) is 21.9. The molecule has 0 saturated carbocycles. The number of likely N-dealkylation sites (tertiary alicyclic amines) is 2. The van der Waals surface area contributed by atoms with Crippen LogP contribution in [-0.4, -0.2) is 79.6 Å². The lowest BCUT2D eigenvalue weighted by atomic mass is 10.1. The summed E-state index contributed by atoms with van der Waals surface area (Å²) in [7, 11) is 2.22. The molecule has 3 rings (SSSR count). The molecule has 0 spiro atoms. The summed E-state index contributed by atoms with van der Waals surface area (Å²) in [5.41, 5.74) is 1.37. The molecule has 2 saturated heterocycles. The molecule has 2 heterocycles. The monoisotopic (exact) mass is 399 g/mol. The van der Waals surface area contributed by atoms with E-state index in [9.17, 15) is 0 Å². The number of hydrogen-bond acceptors (Lipinski definition) is 3. The molecular formula is C24H41N5. The Hall–Kier alpha value is -1.59. The zero-order valence-corrected chi connectivity index (χ0v) is 18.8. The van der Waals surface area contributed by atoms with Gasteiger partial charge in [-0.05, 0) is 71.1 Å². The molecule has 5 heteroatoms. The Balaban J connectivity index is 1.44. The molecule has 1 N–H and O–H groups in total. The van der Waals surface area contributed by atoms with Crippen LogP contribution in [0.3, 0.4) is 0 Å². The molecule has 0 aliphatic carbocycles. The fourth-order valence-corrected chi connectivity index (χ4v) is 4.54. The fraction of sp³-hybridized carbons (Fsp3) is 0.708. The fourth-order valence-electron chi connectivity index (χ4n) is 4.54. The Morgan fingerprint density at radius 1 is 1.21 bits per heavy atom. The quantitative estimate of drug-likeness (QED) is 0.510. The highest BCUT2D eigenvalue weighted by molar-refractivity contribution is 5.80. The van der Waals surface area contributed by atoms with Gasteiger partial charge in [0.2, 0.25) is 0 Å². The molecule has 29 heavy (non-hydrogen) atoms. The molecule has 2 aliphatic heterocycles. The summed E-state index contributed by atoms with van der Waals surface area (Å²) in [5, 5.41) is 3.53.